The van der Waals surface area contributed by atoms with E-state index in [1.165, 1.54) is 16.9 Å². The minimum absolute atomic E-state index is 0.0340. The van der Waals surface area contributed by atoms with Crippen LogP contribution in [0, 0.1) is 0 Å². The van der Waals surface area contributed by atoms with E-state index in [1.807, 2.05) is 12.1 Å². The molecule has 5 nitrogen and oxygen atoms in total. The number of anilines is 1. The highest BCUT2D eigenvalue weighted by Crippen LogP contribution is 2.30. The van der Waals surface area contributed by atoms with Crippen LogP contribution in [0.5, 0.6) is 0 Å². The lowest BCUT2D eigenvalue weighted by Gasteiger charge is -2.07. The fourth-order valence-corrected chi connectivity index (χ4v) is 3.83. The summed E-state index contributed by atoms with van der Waals surface area (Å²) in [5.41, 5.74) is 1.84. The maximum atomic E-state index is 12.6. The zero-order valence-corrected chi connectivity index (χ0v) is 15.8. The zero-order valence-electron chi connectivity index (χ0n) is 15.0. The van der Waals surface area contributed by atoms with Crippen LogP contribution in [0.4, 0.5) is 5.13 Å². The molecule has 4 rings (SSSR count). The fourth-order valence-electron chi connectivity index (χ4n) is 2.92. The third-order valence-electron chi connectivity index (χ3n) is 4.70. The zero-order chi connectivity index (χ0) is 19.0. The van der Waals surface area contributed by atoms with Gasteiger partial charge < -0.3 is 4.42 Å². The fraction of sp³-hybridized carbons (Fsp3) is 0.190. The molecule has 0 saturated carbocycles. The third kappa shape index (κ3) is 3.36. The van der Waals surface area contributed by atoms with Crippen LogP contribution in [0.25, 0.3) is 21.2 Å². The Hall–Kier alpha value is -2.99. The Morgan fingerprint density at radius 3 is 2.85 bits per heavy atom. The van der Waals surface area contributed by atoms with Crippen LogP contribution in [-0.4, -0.2) is 10.9 Å². The first-order chi connectivity index (χ1) is 13.0. The molecular formula is C21H18N2O3S. The highest BCUT2D eigenvalue weighted by Gasteiger charge is 2.16. The summed E-state index contributed by atoms with van der Waals surface area (Å²) in [6, 6.07) is 14.8. The summed E-state index contributed by atoms with van der Waals surface area (Å²) in [4.78, 5) is 29.2. The molecule has 1 unspecified atom stereocenters. The molecule has 136 valence electrons. The predicted molar refractivity (Wildman–Crippen MR) is 109 cm³/mol. The summed E-state index contributed by atoms with van der Waals surface area (Å²) in [5, 5.41) is 3.89. The Morgan fingerprint density at radius 2 is 2.04 bits per heavy atom. The summed E-state index contributed by atoms with van der Waals surface area (Å²) >= 11 is 1.40. The molecule has 0 fully saturated rings. The molecule has 0 aliphatic rings. The molecule has 0 aliphatic heterocycles. The van der Waals surface area contributed by atoms with Gasteiger partial charge in [0.05, 0.1) is 10.2 Å². The van der Waals surface area contributed by atoms with Gasteiger partial charge in [0.1, 0.15) is 11.1 Å². The van der Waals surface area contributed by atoms with Gasteiger partial charge in [-0.15, -0.1) is 0 Å². The Kier molecular flexibility index (Phi) is 4.49. The van der Waals surface area contributed by atoms with Gasteiger partial charge in [-0.05, 0) is 42.2 Å². The van der Waals surface area contributed by atoms with E-state index in [9.17, 15) is 9.59 Å². The van der Waals surface area contributed by atoms with Crippen molar-refractivity contribution in [3.63, 3.8) is 0 Å². The Bertz CT molecular complexity index is 1210. The first-order valence-corrected chi connectivity index (χ1v) is 9.61. The minimum Gasteiger partial charge on any atom is -0.422 e. The Labute approximate surface area is 159 Å². The molecule has 6 heteroatoms. The number of aromatic nitrogens is 1. The van der Waals surface area contributed by atoms with Crippen molar-refractivity contribution >= 4 is 43.6 Å². The van der Waals surface area contributed by atoms with Gasteiger partial charge in [-0.25, -0.2) is 9.78 Å². The number of fused-ring (bicyclic) bond motifs is 2. The largest absolute Gasteiger partial charge is 0.422 e. The molecule has 1 atom stereocenters. The molecule has 0 saturated heterocycles. The first kappa shape index (κ1) is 17.4. The average molecular weight is 378 g/mol. The second-order valence-corrected chi connectivity index (χ2v) is 7.53. The number of rotatable bonds is 4. The molecule has 2 aromatic carbocycles. The van der Waals surface area contributed by atoms with Crippen LogP contribution in [0.15, 0.2) is 57.7 Å². The van der Waals surface area contributed by atoms with E-state index < -0.39 is 11.5 Å². The molecule has 0 spiro atoms. The number of nitrogens with zero attached hydrogens (tertiary/aromatic N) is 1. The number of nitrogens with one attached hydrogen (secondary N) is 1. The average Bonchev–Trinajstić information content (AvgIpc) is 3.07. The van der Waals surface area contributed by atoms with Crippen molar-refractivity contribution in [3.8, 4) is 0 Å². The minimum atomic E-state index is -0.661. The van der Waals surface area contributed by atoms with Crippen molar-refractivity contribution in [1.29, 1.82) is 0 Å². The van der Waals surface area contributed by atoms with Crippen LogP contribution >= 0.6 is 11.3 Å². The first-order valence-electron chi connectivity index (χ1n) is 8.80. The van der Waals surface area contributed by atoms with Crippen LogP contribution < -0.4 is 10.9 Å². The molecule has 0 radical (unpaired) electrons. The van der Waals surface area contributed by atoms with E-state index in [0.717, 1.165) is 16.6 Å². The number of hydrogen-bond acceptors (Lipinski definition) is 5. The number of thiazole rings is 1. The van der Waals surface area contributed by atoms with E-state index >= 15 is 0 Å². The van der Waals surface area contributed by atoms with Crippen molar-refractivity contribution in [3.05, 3.63) is 70.1 Å². The van der Waals surface area contributed by atoms with Gasteiger partial charge in [-0.1, -0.05) is 49.4 Å². The summed E-state index contributed by atoms with van der Waals surface area (Å²) in [6.45, 7) is 4.34. The molecule has 0 bridgehead atoms. The smallest absolute Gasteiger partial charge is 0.349 e. The highest BCUT2D eigenvalue weighted by atomic mass is 32.1. The number of para-hydroxylation sites is 1. The maximum absolute atomic E-state index is 12.6. The number of hydrogen-bond donors (Lipinski definition) is 1. The number of carbonyl (C=O) groups excluding carboxylic acids is 1. The molecular weight excluding hydrogens is 360 g/mol. The van der Waals surface area contributed by atoms with Gasteiger partial charge in [0, 0.05) is 5.39 Å². The van der Waals surface area contributed by atoms with E-state index in [-0.39, 0.29) is 5.56 Å². The second-order valence-electron chi connectivity index (χ2n) is 6.49. The normalized spacial score (nSPS) is 12.4. The van der Waals surface area contributed by atoms with Crippen LogP contribution in [0.3, 0.4) is 0 Å². The van der Waals surface area contributed by atoms with Gasteiger partial charge in [0.2, 0.25) is 0 Å². The van der Waals surface area contributed by atoms with Crippen LogP contribution in [0.1, 0.15) is 42.1 Å². The SMILES string of the molecule is CCC(C)c1ccc2nc(NC(=O)c3cc4ccccc4oc3=O)sc2c1. The molecule has 0 aliphatic carbocycles. The predicted octanol–water partition coefficient (Wildman–Crippen LogP) is 5.17. The standard InChI is InChI=1S/C21H18N2O3S/c1-3-12(2)13-8-9-16-18(11-13)27-21(22-16)23-19(24)15-10-14-6-4-5-7-17(14)26-20(15)25/h4-12H,3H2,1-2H3,(H,22,23,24). The number of carbonyl (C=O) groups is 1. The molecule has 27 heavy (non-hydrogen) atoms. The number of benzene rings is 2. The van der Waals surface area contributed by atoms with Crippen molar-refractivity contribution < 1.29 is 9.21 Å². The van der Waals surface area contributed by atoms with Crippen molar-refractivity contribution in [2.75, 3.05) is 5.32 Å². The van der Waals surface area contributed by atoms with E-state index in [4.69, 9.17) is 4.42 Å². The Balaban J connectivity index is 1.64. The van der Waals surface area contributed by atoms with Gasteiger partial charge in [0.15, 0.2) is 5.13 Å². The van der Waals surface area contributed by atoms with Crippen molar-refractivity contribution in [1.82, 2.24) is 4.98 Å². The third-order valence-corrected chi connectivity index (χ3v) is 5.63. The summed E-state index contributed by atoms with van der Waals surface area (Å²) < 4.78 is 6.24. The van der Waals surface area contributed by atoms with E-state index in [2.05, 4.69) is 36.3 Å². The Morgan fingerprint density at radius 1 is 1.22 bits per heavy atom. The monoisotopic (exact) mass is 378 g/mol. The number of amides is 1. The molecule has 2 aromatic heterocycles. The summed E-state index contributed by atoms with van der Waals surface area (Å²) in [5.74, 6) is -0.0486. The quantitative estimate of drug-likeness (QED) is 0.497. The van der Waals surface area contributed by atoms with Crippen molar-refractivity contribution in [2.24, 2.45) is 0 Å². The lowest BCUT2D eigenvalue weighted by atomic mass is 9.99. The van der Waals surface area contributed by atoms with E-state index in [1.54, 1.807) is 24.3 Å². The van der Waals surface area contributed by atoms with Gasteiger partial charge in [-0.2, -0.15) is 0 Å². The van der Waals surface area contributed by atoms with Crippen LogP contribution in [0.2, 0.25) is 0 Å². The highest BCUT2D eigenvalue weighted by molar-refractivity contribution is 7.22. The van der Waals surface area contributed by atoms with Crippen molar-refractivity contribution in [2.45, 2.75) is 26.2 Å². The molecule has 4 aromatic rings. The molecule has 1 amide bonds. The van der Waals surface area contributed by atoms with Crippen LogP contribution in [-0.2, 0) is 0 Å². The molecule has 2 heterocycles. The summed E-state index contributed by atoms with van der Waals surface area (Å²) in [7, 11) is 0. The van der Waals surface area contributed by atoms with E-state index in [0.29, 0.717) is 22.0 Å². The second kappa shape index (κ2) is 6.96. The lowest BCUT2D eigenvalue weighted by molar-refractivity contribution is 0.102. The van der Waals surface area contributed by atoms with Gasteiger partial charge in [-0.3, -0.25) is 10.1 Å². The van der Waals surface area contributed by atoms with Gasteiger partial charge in [0.25, 0.3) is 5.91 Å². The molecule has 1 N–H and O–H groups in total. The van der Waals surface area contributed by atoms with Gasteiger partial charge >= 0.3 is 5.63 Å². The topological polar surface area (TPSA) is 72.2 Å². The maximum Gasteiger partial charge on any atom is 0.349 e. The summed E-state index contributed by atoms with van der Waals surface area (Å²) in [6.07, 6.45) is 1.06. The lowest BCUT2D eigenvalue weighted by Crippen LogP contribution is -2.20.